The summed E-state index contributed by atoms with van der Waals surface area (Å²) < 4.78 is 7.50. The van der Waals surface area contributed by atoms with Crippen molar-refractivity contribution < 1.29 is 18.9 Å². The molecule has 152 valence electrons. The first-order valence-corrected chi connectivity index (χ1v) is 14.5. The summed E-state index contributed by atoms with van der Waals surface area (Å²) in [4.78, 5) is 4.79. The van der Waals surface area contributed by atoms with Crippen molar-refractivity contribution in [3.05, 3.63) is 24.8 Å². The molecule has 0 aliphatic rings. The van der Waals surface area contributed by atoms with Crippen molar-refractivity contribution in [1.29, 1.82) is 0 Å². The van der Waals surface area contributed by atoms with Gasteiger partial charge in [-0.1, -0.05) is 61.5 Å². The van der Waals surface area contributed by atoms with Gasteiger partial charge in [0.15, 0.2) is 0 Å². The molecule has 0 saturated carbocycles. The van der Waals surface area contributed by atoms with Crippen LogP contribution < -0.4 is 10.2 Å². The van der Waals surface area contributed by atoms with Crippen LogP contribution in [0.25, 0.3) is 0 Å². The number of rotatable bonds is 8. The van der Waals surface area contributed by atoms with Crippen LogP contribution in [-0.4, -0.2) is 27.6 Å². The average Bonchev–Trinajstić information content (AvgIpc) is 2.60. The summed E-state index contributed by atoms with van der Waals surface area (Å²) in [7, 11) is -0.495. The van der Waals surface area contributed by atoms with Crippen LogP contribution in [0.5, 0.6) is 0 Å². The Morgan fingerprint density at radius 1 is 0.808 bits per heavy atom. The Labute approximate surface area is 178 Å². The van der Waals surface area contributed by atoms with Gasteiger partial charge in [-0.2, -0.15) is 0 Å². The molecule has 4 nitrogen and oxygen atoms in total. The van der Waals surface area contributed by atoms with Gasteiger partial charge in [0.05, 0.1) is 0 Å². The quantitative estimate of drug-likeness (QED) is 0.175. The Balaban J connectivity index is 0. The van der Waals surface area contributed by atoms with Crippen molar-refractivity contribution in [2.45, 2.75) is 78.0 Å². The van der Waals surface area contributed by atoms with Crippen LogP contribution in [0.4, 0.5) is 11.6 Å². The van der Waals surface area contributed by atoms with E-state index >= 15 is 0 Å². The fourth-order valence-corrected chi connectivity index (χ4v) is 6.73. The van der Waals surface area contributed by atoms with Gasteiger partial charge in [0.1, 0.15) is 11.6 Å². The first-order chi connectivity index (χ1) is 12.2. The summed E-state index contributed by atoms with van der Waals surface area (Å²) in [5.74, 6) is 2.00. The molecule has 0 unspecified atom stereocenters. The van der Waals surface area contributed by atoms with E-state index in [0.717, 1.165) is 11.6 Å². The number of pyridine rings is 1. The first-order valence-electron chi connectivity index (χ1n) is 8.64. The second-order valence-corrected chi connectivity index (χ2v) is 13.0. The van der Waals surface area contributed by atoms with E-state index in [1.807, 2.05) is 0 Å². The number of halogens is 1. The van der Waals surface area contributed by atoms with Gasteiger partial charge < -0.3 is 10.2 Å². The number of nitrogens with zero attached hydrogens (tertiary/aromatic N) is 1. The van der Waals surface area contributed by atoms with Crippen LogP contribution >= 0.6 is 30.3 Å². The number of anilines is 2. The van der Waals surface area contributed by atoms with E-state index in [9.17, 15) is 0 Å². The van der Waals surface area contributed by atoms with Gasteiger partial charge in [-0.3, -0.25) is 0 Å². The molecule has 1 aromatic rings. The predicted molar refractivity (Wildman–Crippen MR) is 120 cm³/mol. The summed E-state index contributed by atoms with van der Waals surface area (Å²) in [5.41, 5.74) is 2.60. The number of hydrogen-bond donors (Lipinski definition) is 2. The summed E-state index contributed by atoms with van der Waals surface area (Å²) >= 11 is 5.50. The fourth-order valence-electron chi connectivity index (χ4n) is 2.53. The molecule has 26 heavy (non-hydrogen) atoms. The molecule has 0 aliphatic carbocycles. The average molecular weight is 506 g/mol. The Morgan fingerprint density at radius 2 is 1.08 bits per heavy atom. The van der Waals surface area contributed by atoms with E-state index in [2.05, 4.69) is 119 Å². The molecule has 0 aromatic carbocycles. The van der Waals surface area contributed by atoms with Gasteiger partial charge >= 0.3 is 39.6 Å². The Kier molecular flexibility index (Phi) is 17.9. The summed E-state index contributed by atoms with van der Waals surface area (Å²) in [5, 5.41) is 7.34. The molecule has 8 heteroatoms. The standard InChI is InChI=1S/C17H33N3P2.CO.BrH.Fe.H/c1-12(2)21(13(3)4)19-16-10-9-11-17(18-16)20-22(14(5)6)15(7)8;1-2;;;/h9-15H,1-8H3,(H2,18,19,20);;1H;;/q;;;+1;/p-1. The molecule has 1 heterocycles. The summed E-state index contributed by atoms with van der Waals surface area (Å²) in [6, 6.07) is 6.26. The monoisotopic (exact) mass is 505 g/mol. The SMILES string of the molecule is CC(C)P(Nc1cccc(NP(C(C)C)C(C)C)n1)C(C)C.[C-]#[O+].[FeH][Br]. The molecule has 2 N–H and O–H groups in total. The molecule has 0 atom stereocenters. The van der Waals surface area contributed by atoms with Crippen LogP contribution in [0.3, 0.4) is 0 Å². The topological polar surface area (TPSA) is 56.9 Å². The van der Waals surface area contributed by atoms with Crippen molar-refractivity contribution in [2.24, 2.45) is 0 Å². The van der Waals surface area contributed by atoms with Gasteiger partial charge in [0.2, 0.25) is 0 Å². The molecule has 0 aliphatic heterocycles. The van der Waals surface area contributed by atoms with Crippen LogP contribution in [-0.2, 0) is 18.9 Å². The van der Waals surface area contributed by atoms with Crippen molar-refractivity contribution >= 4 is 41.9 Å². The van der Waals surface area contributed by atoms with Gasteiger partial charge in [-0.05, 0) is 50.9 Å². The molecule has 0 bridgehead atoms. The van der Waals surface area contributed by atoms with Gasteiger partial charge in [-0.25, -0.2) is 4.98 Å². The zero-order valence-corrected chi connectivity index (χ0v) is 21.6. The maximum atomic E-state index is 7.50. The third-order valence-electron chi connectivity index (χ3n) is 3.46. The van der Waals surface area contributed by atoms with E-state index in [0.29, 0.717) is 22.6 Å². The molecule has 1 rings (SSSR count). The summed E-state index contributed by atoms with van der Waals surface area (Å²) in [6.45, 7) is 22.8. The molecular weight excluding hydrogens is 472 g/mol. The molecule has 1 aromatic heterocycles. The normalized spacial score (nSPS) is 10.7. The Hall–Kier alpha value is 0.349. The second kappa shape index (κ2) is 16.3. The van der Waals surface area contributed by atoms with Crippen molar-refractivity contribution in [3.8, 4) is 0 Å². The molecule has 0 amide bonds. The maximum absolute atomic E-state index is 7.50. The van der Waals surface area contributed by atoms with Crippen LogP contribution in [0.2, 0.25) is 0 Å². The van der Waals surface area contributed by atoms with Crippen LogP contribution in [0.1, 0.15) is 55.4 Å². The van der Waals surface area contributed by atoms with Gasteiger partial charge in [0, 0.05) is 0 Å². The van der Waals surface area contributed by atoms with Crippen molar-refractivity contribution in [2.75, 3.05) is 10.2 Å². The fraction of sp³-hybridized carbons (Fsp3) is 0.667. The van der Waals surface area contributed by atoms with E-state index < -0.39 is 0 Å². The zero-order chi connectivity index (χ0) is 20.9. The third-order valence-corrected chi connectivity index (χ3v) is 8.89. The van der Waals surface area contributed by atoms with E-state index in [1.54, 1.807) is 0 Å². The first kappa shape index (κ1) is 28.6. The number of aromatic nitrogens is 1. The molecule has 0 fully saturated rings. The minimum atomic E-state index is -0.248. The molecular formula is C18H34BrFeN3OP2. The number of hydrogen-bond acceptors (Lipinski definition) is 3. The Bertz CT molecular complexity index is 449. The van der Waals surface area contributed by atoms with E-state index in [1.165, 1.54) is 0 Å². The van der Waals surface area contributed by atoms with Crippen LogP contribution in [0.15, 0.2) is 18.2 Å². The van der Waals surface area contributed by atoms with E-state index in [-0.39, 0.29) is 16.1 Å². The minimum absolute atomic E-state index is 0.248. The van der Waals surface area contributed by atoms with Crippen molar-refractivity contribution in [3.63, 3.8) is 0 Å². The second-order valence-electron chi connectivity index (χ2n) is 6.82. The van der Waals surface area contributed by atoms with E-state index in [4.69, 9.17) is 9.64 Å². The molecule has 0 saturated heterocycles. The Morgan fingerprint density at radius 3 is 1.31 bits per heavy atom. The molecule has 0 spiro atoms. The van der Waals surface area contributed by atoms with Crippen LogP contribution in [0, 0.1) is 6.65 Å². The zero-order valence-electron chi connectivity index (χ0n) is 17.0. The number of nitrogens with one attached hydrogen (secondary N) is 2. The third kappa shape index (κ3) is 11.3. The summed E-state index contributed by atoms with van der Waals surface area (Å²) in [6.07, 6.45) is 0. The van der Waals surface area contributed by atoms with Crippen molar-refractivity contribution in [1.82, 2.24) is 4.98 Å². The van der Waals surface area contributed by atoms with Gasteiger partial charge in [-0.15, -0.1) is 0 Å². The predicted octanol–water partition coefficient (Wildman–Crippen LogP) is 6.87. The molecule has 0 radical (unpaired) electrons. The van der Waals surface area contributed by atoms with Gasteiger partial charge in [0.25, 0.3) is 0 Å².